The molecule has 2 aliphatic rings. The number of carbonyl (C=O) groups excluding carboxylic acids is 2. The summed E-state index contributed by atoms with van der Waals surface area (Å²) in [7, 11) is 3.42. The Kier molecular flexibility index (Phi) is 8.24. The first-order valence-corrected chi connectivity index (χ1v) is 9.82. The zero-order chi connectivity index (χ0) is 23.0. The molecule has 0 spiro atoms. The summed E-state index contributed by atoms with van der Waals surface area (Å²) >= 11 is 0. The van der Waals surface area contributed by atoms with Crippen LogP contribution in [-0.4, -0.2) is 60.6 Å². The third-order valence-corrected chi connectivity index (χ3v) is 4.80. The zero-order valence-electron chi connectivity index (χ0n) is 17.9. The summed E-state index contributed by atoms with van der Waals surface area (Å²) in [5.41, 5.74) is 1.39. The van der Waals surface area contributed by atoms with Crippen LogP contribution in [-0.2, 0) is 9.53 Å². The maximum atomic E-state index is 11.5. The molecule has 11 heteroatoms. The van der Waals surface area contributed by atoms with Crippen LogP contribution in [0.2, 0.25) is 0 Å². The van der Waals surface area contributed by atoms with Gasteiger partial charge in [-0.25, -0.2) is 14.8 Å². The lowest BCUT2D eigenvalue weighted by Crippen LogP contribution is -2.40. The number of esters is 1. The number of ether oxygens (including phenoxy) is 1. The number of methoxy groups -OCH3 is 1. The molecule has 2 aliphatic heterocycles. The molecule has 166 valence electrons. The molecule has 11 nitrogen and oxygen atoms in total. The van der Waals surface area contributed by atoms with E-state index in [1.807, 2.05) is 27.0 Å². The van der Waals surface area contributed by atoms with E-state index in [-0.39, 0.29) is 17.5 Å². The minimum atomic E-state index is -0.558. The van der Waals surface area contributed by atoms with Crippen LogP contribution in [0.3, 0.4) is 0 Å². The van der Waals surface area contributed by atoms with E-state index in [2.05, 4.69) is 25.1 Å². The van der Waals surface area contributed by atoms with Crippen LogP contribution in [0, 0.1) is 10.1 Å². The lowest BCUT2D eigenvalue weighted by Gasteiger charge is -2.34. The minimum Gasteiger partial charge on any atom is -0.464 e. The van der Waals surface area contributed by atoms with Crippen LogP contribution in [0.4, 0.5) is 23.0 Å². The molecule has 2 bridgehead atoms. The van der Waals surface area contributed by atoms with Crippen molar-refractivity contribution >= 4 is 35.4 Å². The number of nitrogens with one attached hydrogen (secondary N) is 1. The summed E-state index contributed by atoms with van der Waals surface area (Å²) < 4.78 is 4.70. The summed E-state index contributed by atoms with van der Waals surface area (Å²) in [5, 5.41) is 12.4. The van der Waals surface area contributed by atoms with Gasteiger partial charge in [0.2, 0.25) is 6.41 Å². The van der Waals surface area contributed by atoms with Crippen molar-refractivity contribution in [2.75, 3.05) is 42.4 Å². The number of likely N-dealkylation sites (N-methyl/N-ethyl adjacent to an activating group) is 1. The molecule has 2 aromatic rings. The molecular formula is C20H26N6O5. The average molecular weight is 430 g/mol. The highest BCUT2D eigenvalue weighted by Gasteiger charge is 2.35. The Morgan fingerprint density at radius 3 is 2.74 bits per heavy atom. The highest BCUT2D eigenvalue weighted by atomic mass is 16.6. The molecule has 0 saturated carbocycles. The van der Waals surface area contributed by atoms with Gasteiger partial charge in [-0.3, -0.25) is 14.9 Å². The van der Waals surface area contributed by atoms with Crippen molar-refractivity contribution in [3.63, 3.8) is 0 Å². The van der Waals surface area contributed by atoms with Gasteiger partial charge in [-0.15, -0.1) is 0 Å². The van der Waals surface area contributed by atoms with Gasteiger partial charge in [0.05, 0.1) is 23.8 Å². The number of nitrogens with zero attached hydrogens (tertiary/aromatic N) is 5. The fraction of sp³-hybridized carbons (Fsp3) is 0.400. The Morgan fingerprint density at radius 2 is 2.10 bits per heavy atom. The predicted octanol–water partition coefficient (Wildman–Crippen LogP) is 2.48. The van der Waals surface area contributed by atoms with E-state index >= 15 is 0 Å². The summed E-state index contributed by atoms with van der Waals surface area (Å²) in [4.78, 5) is 43.6. The third-order valence-electron chi connectivity index (χ3n) is 4.80. The standard InChI is InChI=1S/C12H15N3O2.C6H5N3O3.C2H6/c1-14-8-5-6-15(7-8)10-4-3-9(12(16)17-2)13-11(10)14;10-4-8-6-3-5(9(11)12)1-2-7-6;1-2/h3-4,8H,5-7H2,1-2H3;1-4H,(H,7,8,10);1-2H3. The van der Waals surface area contributed by atoms with Crippen molar-refractivity contribution in [1.29, 1.82) is 0 Å². The molecular weight excluding hydrogens is 404 g/mol. The maximum Gasteiger partial charge on any atom is 0.356 e. The monoisotopic (exact) mass is 430 g/mol. The van der Waals surface area contributed by atoms with Gasteiger partial charge in [0.15, 0.2) is 11.5 Å². The van der Waals surface area contributed by atoms with Crippen molar-refractivity contribution in [2.24, 2.45) is 0 Å². The van der Waals surface area contributed by atoms with Crippen molar-refractivity contribution in [3.8, 4) is 0 Å². The van der Waals surface area contributed by atoms with Crippen LogP contribution in [0.5, 0.6) is 0 Å². The first-order chi connectivity index (χ1) is 14.9. The summed E-state index contributed by atoms with van der Waals surface area (Å²) in [6.07, 6.45) is 2.82. The summed E-state index contributed by atoms with van der Waals surface area (Å²) in [6, 6.07) is 6.64. The first-order valence-electron chi connectivity index (χ1n) is 9.82. The Morgan fingerprint density at radius 1 is 1.35 bits per heavy atom. The van der Waals surface area contributed by atoms with E-state index in [4.69, 9.17) is 4.74 Å². The lowest BCUT2D eigenvalue weighted by atomic mass is 10.2. The van der Waals surface area contributed by atoms with Crippen LogP contribution < -0.4 is 15.1 Å². The highest BCUT2D eigenvalue weighted by molar-refractivity contribution is 5.89. The first kappa shape index (κ1) is 23.5. The van der Waals surface area contributed by atoms with E-state index in [0.717, 1.165) is 31.0 Å². The molecule has 31 heavy (non-hydrogen) atoms. The number of hydrogen-bond acceptors (Lipinski definition) is 9. The summed E-state index contributed by atoms with van der Waals surface area (Å²) in [6.45, 7) is 6.13. The number of fused-ring (bicyclic) bond motifs is 4. The van der Waals surface area contributed by atoms with Crippen molar-refractivity contribution in [1.82, 2.24) is 9.97 Å². The van der Waals surface area contributed by atoms with Gasteiger partial charge in [0, 0.05) is 38.4 Å². The zero-order valence-corrected chi connectivity index (χ0v) is 17.9. The van der Waals surface area contributed by atoms with Gasteiger partial charge in [0.1, 0.15) is 5.82 Å². The fourth-order valence-electron chi connectivity index (χ4n) is 3.29. The smallest absolute Gasteiger partial charge is 0.356 e. The molecule has 1 unspecified atom stereocenters. The Bertz CT molecular complexity index is 938. The number of rotatable bonds is 4. The number of anilines is 3. The number of nitro groups is 1. The van der Waals surface area contributed by atoms with Gasteiger partial charge >= 0.3 is 5.97 Å². The number of pyridine rings is 2. The lowest BCUT2D eigenvalue weighted by molar-refractivity contribution is -0.384. The van der Waals surface area contributed by atoms with Gasteiger partial charge in [-0.2, -0.15) is 0 Å². The predicted molar refractivity (Wildman–Crippen MR) is 117 cm³/mol. The van der Waals surface area contributed by atoms with Crippen molar-refractivity contribution in [3.05, 3.63) is 46.3 Å². The van der Waals surface area contributed by atoms with E-state index in [1.165, 1.54) is 25.4 Å². The number of amides is 1. The SMILES string of the molecule is CC.COC(=O)c1ccc2c(n1)N(C)C1CCN2C1.O=CNc1cc([N+](=O)[O-])ccn1. The Balaban J connectivity index is 0.000000216. The molecule has 1 amide bonds. The fourth-order valence-corrected chi connectivity index (χ4v) is 3.29. The largest absolute Gasteiger partial charge is 0.464 e. The van der Waals surface area contributed by atoms with E-state index in [1.54, 1.807) is 6.07 Å². The molecule has 4 rings (SSSR count). The second-order valence-corrected chi connectivity index (χ2v) is 6.45. The number of hydrogen-bond donors (Lipinski definition) is 1. The molecule has 4 heterocycles. The third kappa shape index (κ3) is 5.44. The Hall–Kier alpha value is -3.76. The average Bonchev–Trinajstić information content (AvgIpc) is 3.25. The second-order valence-electron chi connectivity index (χ2n) is 6.45. The van der Waals surface area contributed by atoms with Gasteiger partial charge in [0.25, 0.3) is 5.69 Å². The molecule has 1 saturated heterocycles. The minimum absolute atomic E-state index is 0.102. The molecule has 0 radical (unpaired) electrons. The quantitative estimate of drug-likeness (QED) is 0.336. The molecule has 1 N–H and O–H groups in total. The molecule has 2 aromatic heterocycles. The normalized spacial score (nSPS) is 15.4. The molecule has 1 fully saturated rings. The van der Waals surface area contributed by atoms with Gasteiger partial charge < -0.3 is 19.9 Å². The molecule has 0 aliphatic carbocycles. The summed E-state index contributed by atoms with van der Waals surface area (Å²) in [5.74, 6) is 0.676. The second kappa shape index (κ2) is 10.9. The van der Waals surface area contributed by atoms with Crippen LogP contribution >= 0.6 is 0 Å². The van der Waals surface area contributed by atoms with Gasteiger partial charge in [-0.05, 0) is 18.6 Å². The van der Waals surface area contributed by atoms with Crippen molar-refractivity contribution < 1.29 is 19.2 Å². The van der Waals surface area contributed by atoms with Crippen LogP contribution in [0.15, 0.2) is 30.5 Å². The number of carbonyl (C=O) groups is 2. The van der Waals surface area contributed by atoms with Crippen molar-refractivity contribution in [2.45, 2.75) is 26.3 Å². The molecule has 1 atom stereocenters. The maximum absolute atomic E-state index is 11.5. The van der Waals surface area contributed by atoms with Crippen LogP contribution in [0.25, 0.3) is 0 Å². The van der Waals surface area contributed by atoms with Crippen LogP contribution in [0.1, 0.15) is 30.8 Å². The van der Waals surface area contributed by atoms with E-state index < -0.39 is 4.92 Å². The highest BCUT2D eigenvalue weighted by Crippen LogP contribution is 2.37. The Labute approximate surface area is 180 Å². The topological polar surface area (TPSA) is 131 Å². The molecule has 0 aromatic carbocycles. The number of aromatic nitrogens is 2. The van der Waals surface area contributed by atoms with E-state index in [9.17, 15) is 19.7 Å². The van der Waals surface area contributed by atoms with E-state index in [0.29, 0.717) is 18.1 Å². The van der Waals surface area contributed by atoms with Gasteiger partial charge in [-0.1, -0.05) is 13.8 Å².